The van der Waals surface area contributed by atoms with E-state index in [1.165, 1.54) is 0 Å². The molecule has 1 aromatic heterocycles. The van der Waals surface area contributed by atoms with E-state index in [0.29, 0.717) is 19.5 Å². The highest BCUT2D eigenvalue weighted by Crippen LogP contribution is 2.20. The summed E-state index contributed by atoms with van der Waals surface area (Å²) >= 11 is 0. The molecule has 6 heteroatoms. The van der Waals surface area contributed by atoms with Gasteiger partial charge in [-0.25, -0.2) is 9.78 Å². The Balaban J connectivity index is 1.90. The Morgan fingerprint density at radius 3 is 2.43 bits per heavy atom. The van der Waals surface area contributed by atoms with Crippen LogP contribution in [0.25, 0.3) is 0 Å². The van der Waals surface area contributed by atoms with E-state index < -0.39 is 11.7 Å². The van der Waals surface area contributed by atoms with Crippen LogP contribution >= 0.6 is 0 Å². The van der Waals surface area contributed by atoms with Crippen LogP contribution < -0.4 is 4.90 Å². The minimum atomic E-state index is -0.467. The number of carbonyl (C=O) groups is 1. The number of nitrogens with zero attached hydrogens (tertiary/aromatic N) is 3. The molecule has 1 atom stereocenters. The van der Waals surface area contributed by atoms with Gasteiger partial charge in [-0.2, -0.15) is 0 Å². The van der Waals surface area contributed by atoms with Gasteiger partial charge < -0.3 is 19.6 Å². The Morgan fingerprint density at radius 1 is 1.30 bits per heavy atom. The van der Waals surface area contributed by atoms with Crippen LogP contribution in [0.2, 0.25) is 0 Å². The Bertz CT molecular complexity index is 517. The Hall–Kier alpha value is -1.82. The average Bonchev–Trinajstić information content (AvgIpc) is 2.53. The third-order valence-corrected chi connectivity index (χ3v) is 3.80. The van der Waals surface area contributed by atoms with E-state index in [1.807, 2.05) is 39.8 Å². The SMILES string of the molecule is CCC(O)c1ccc(N2CCN(C(=O)OC(C)(C)C)CC2)nc1. The quantitative estimate of drug-likeness (QED) is 0.927. The number of pyridine rings is 1. The zero-order valence-corrected chi connectivity index (χ0v) is 14.5. The van der Waals surface area contributed by atoms with Crippen LogP contribution in [0.15, 0.2) is 18.3 Å². The van der Waals surface area contributed by atoms with Crippen molar-refractivity contribution in [3.63, 3.8) is 0 Å². The largest absolute Gasteiger partial charge is 0.444 e. The normalized spacial score (nSPS) is 17.1. The molecule has 1 amide bonds. The van der Waals surface area contributed by atoms with E-state index in [1.54, 1.807) is 11.1 Å². The number of aromatic nitrogens is 1. The molecular formula is C17H27N3O3. The van der Waals surface area contributed by atoms with Gasteiger partial charge in [-0.3, -0.25) is 0 Å². The average molecular weight is 321 g/mol. The fraction of sp³-hybridized carbons (Fsp3) is 0.647. The van der Waals surface area contributed by atoms with E-state index in [0.717, 1.165) is 24.5 Å². The van der Waals surface area contributed by atoms with Crippen LogP contribution in [-0.2, 0) is 4.74 Å². The molecule has 23 heavy (non-hydrogen) atoms. The van der Waals surface area contributed by atoms with Gasteiger partial charge >= 0.3 is 6.09 Å². The Kier molecular flexibility index (Phi) is 5.46. The van der Waals surface area contributed by atoms with Gasteiger partial charge in [0.2, 0.25) is 0 Å². The molecule has 1 fully saturated rings. The molecule has 2 rings (SSSR count). The lowest BCUT2D eigenvalue weighted by Crippen LogP contribution is -2.50. The summed E-state index contributed by atoms with van der Waals surface area (Å²) in [6, 6.07) is 3.84. The number of carbonyl (C=O) groups excluding carboxylic acids is 1. The summed E-state index contributed by atoms with van der Waals surface area (Å²) in [7, 11) is 0. The van der Waals surface area contributed by atoms with Crippen molar-refractivity contribution >= 4 is 11.9 Å². The molecule has 6 nitrogen and oxygen atoms in total. The second-order valence-corrected chi connectivity index (χ2v) is 6.83. The van der Waals surface area contributed by atoms with Crippen LogP contribution in [0.1, 0.15) is 45.8 Å². The van der Waals surface area contributed by atoms with Crippen molar-refractivity contribution in [2.75, 3.05) is 31.1 Å². The number of anilines is 1. The van der Waals surface area contributed by atoms with Gasteiger partial charge in [0.15, 0.2) is 0 Å². The summed E-state index contributed by atoms with van der Waals surface area (Å²) in [6.45, 7) is 10.2. The maximum absolute atomic E-state index is 12.1. The molecular weight excluding hydrogens is 294 g/mol. The van der Waals surface area contributed by atoms with Crippen molar-refractivity contribution in [3.05, 3.63) is 23.9 Å². The molecule has 0 saturated carbocycles. The summed E-state index contributed by atoms with van der Waals surface area (Å²) in [5.74, 6) is 0.876. The third-order valence-electron chi connectivity index (χ3n) is 3.80. The number of rotatable bonds is 3. The Labute approximate surface area is 138 Å². The van der Waals surface area contributed by atoms with Crippen molar-refractivity contribution in [2.24, 2.45) is 0 Å². The van der Waals surface area contributed by atoms with Gasteiger partial charge in [-0.05, 0) is 38.8 Å². The maximum Gasteiger partial charge on any atom is 0.410 e. The molecule has 0 radical (unpaired) electrons. The van der Waals surface area contributed by atoms with Crippen LogP contribution in [0.5, 0.6) is 0 Å². The monoisotopic (exact) mass is 321 g/mol. The molecule has 1 aliphatic heterocycles. The van der Waals surface area contributed by atoms with E-state index in [2.05, 4.69) is 9.88 Å². The van der Waals surface area contributed by atoms with Gasteiger partial charge in [0, 0.05) is 32.4 Å². The molecule has 1 unspecified atom stereocenters. The van der Waals surface area contributed by atoms with E-state index in [-0.39, 0.29) is 6.09 Å². The van der Waals surface area contributed by atoms with Gasteiger partial charge in [-0.15, -0.1) is 0 Å². The second-order valence-electron chi connectivity index (χ2n) is 6.83. The molecule has 0 aromatic carbocycles. The van der Waals surface area contributed by atoms with Crippen LogP contribution in [0, 0.1) is 0 Å². The summed E-state index contributed by atoms with van der Waals surface area (Å²) in [6.07, 6.45) is 1.69. The Morgan fingerprint density at radius 2 is 1.96 bits per heavy atom. The molecule has 1 aliphatic rings. The predicted octanol–water partition coefficient (Wildman–Crippen LogP) is 2.58. The van der Waals surface area contributed by atoms with Gasteiger partial charge in [0.25, 0.3) is 0 Å². The summed E-state index contributed by atoms with van der Waals surface area (Å²) < 4.78 is 5.40. The number of ether oxygens (including phenoxy) is 1. The van der Waals surface area contributed by atoms with Crippen LogP contribution in [0.4, 0.5) is 10.6 Å². The molecule has 0 bridgehead atoms. The molecule has 1 N–H and O–H groups in total. The summed E-state index contributed by atoms with van der Waals surface area (Å²) in [5.41, 5.74) is 0.370. The first kappa shape index (κ1) is 17.5. The van der Waals surface area contributed by atoms with Gasteiger partial charge in [0.05, 0.1) is 6.10 Å². The molecule has 0 spiro atoms. The minimum absolute atomic E-state index is 0.258. The van der Waals surface area contributed by atoms with E-state index in [4.69, 9.17) is 4.74 Å². The first-order valence-electron chi connectivity index (χ1n) is 8.17. The predicted molar refractivity (Wildman–Crippen MR) is 89.5 cm³/mol. The van der Waals surface area contributed by atoms with E-state index >= 15 is 0 Å². The van der Waals surface area contributed by atoms with Crippen LogP contribution in [-0.4, -0.2) is 52.9 Å². The fourth-order valence-electron chi connectivity index (χ4n) is 2.46. The van der Waals surface area contributed by atoms with Crippen molar-refractivity contribution in [3.8, 4) is 0 Å². The van der Waals surface area contributed by atoms with Crippen molar-refractivity contribution in [1.82, 2.24) is 9.88 Å². The zero-order chi connectivity index (χ0) is 17.0. The molecule has 0 aliphatic carbocycles. The standard InChI is InChI=1S/C17H27N3O3/c1-5-14(21)13-6-7-15(18-12-13)19-8-10-20(11-9-19)16(22)23-17(2,3)4/h6-7,12,14,21H,5,8-11H2,1-4H3. The minimum Gasteiger partial charge on any atom is -0.444 e. The number of piperazine rings is 1. The highest BCUT2D eigenvalue weighted by atomic mass is 16.6. The van der Waals surface area contributed by atoms with E-state index in [9.17, 15) is 9.90 Å². The number of aliphatic hydroxyl groups excluding tert-OH is 1. The third kappa shape index (κ3) is 4.82. The number of hydrogen-bond donors (Lipinski definition) is 1. The zero-order valence-electron chi connectivity index (χ0n) is 14.5. The smallest absolute Gasteiger partial charge is 0.410 e. The first-order valence-corrected chi connectivity index (χ1v) is 8.17. The lowest BCUT2D eigenvalue weighted by atomic mass is 10.1. The lowest BCUT2D eigenvalue weighted by Gasteiger charge is -2.36. The van der Waals surface area contributed by atoms with Crippen molar-refractivity contribution in [1.29, 1.82) is 0 Å². The molecule has 1 aromatic rings. The highest BCUT2D eigenvalue weighted by molar-refractivity contribution is 5.68. The second kappa shape index (κ2) is 7.17. The number of hydrogen-bond acceptors (Lipinski definition) is 5. The van der Waals surface area contributed by atoms with Crippen molar-refractivity contribution < 1.29 is 14.6 Å². The first-order chi connectivity index (χ1) is 10.8. The lowest BCUT2D eigenvalue weighted by molar-refractivity contribution is 0.0240. The molecule has 2 heterocycles. The van der Waals surface area contributed by atoms with Crippen molar-refractivity contribution in [2.45, 2.75) is 45.8 Å². The summed E-state index contributed by atoms with van der Waals surface area (Å²) in [5, 5.41) is 9.81. The van der Waals surface area contributed by atoms with Gasteiger partial charge in [-0.1, -0.05) is 13.0 Å². The number of aliphatic hydroxyl groups is 1. The fourth-order valence-corrected chi connectivity index (χ4v) is 2.46. The topological polar surface area (TPSA) is 65.9 Å². The molecule has 128 valence electrons. The number of amides is 1. The maximum atomic E-state index is 12.1. The molecule has 1 saturated heterocycles. The van der Waals surface area contributed by atoms with Crippen LogP contribution in [0.3, 0.4) is 0 Å². The summed E-state index contributed by atoms with van der Waals surface area (Å²) in [4.78, 5) is 20.4. The van der Waals surface area contributed by atoms with Gasteiger partial charge in [0.1, 0.15) is 11.4 Å². The highest BCUT2D eigenvalue weighted by Gasteiger charge is 2.26.